The number of carbonyl (C=O) groups excluding carboxylic acids is 1. The van der Waals surface area contributed by atoms with E-state index in [4.69, 9.17) is 0 Å². The fourth-order valence-electron chi connectivity index (χ4n) is 2.36. The monoisotopic (exact) mass is 320 g/mol. The highest BCUT2D eigenvalue weighted by atomic mass is 16.2. The van der Waals surface area contributed by atoms with Crippen LogP contribution in [0.15, 0.2) is 48.9 Å². The zero-order valence-corrected chi connectivity index (χ0v) is 12.9. The van der Waals surface area contributed by atoms with Crippen molar-refractivity contribution in [2.45, 2.75) is 12.8 Å². The standard InChI is InChI=1S/C17H16N6O/c24-17(11-4-5-11)21-12-6-7-15(19-9-12)22-14-10-20-23-16(14)13-3-1-2-8-18-13/h1-3,6-11H,4-5H2,(H,19,22)(H,20,23)(H,21,24). The van der Waals surface area contributed by atoms with E-state index in [1.807, 2.05) is 30.3 Å². The highest BCUT2D eigenvalue weighted by Crippen LogP contribution is 2.30. The number of anilines is 3. The van der Waals surface area contributed by atoms with Crippen LogP contribution in [0.2, 0.25) is 0 Å². The molecule has 1 aliphatic carbocycles. The minimum Gasteiger partial charge on any atom is -0.337 e. The molecule has 0 aromatic carbocycles. The van der Waals surface area contributed by atoms with Gasteiger partial charge in [0, 0.05) is 12.1 Å². The number of aromatic amines is 1. The van der Waals surface area contributed by atoms with Crippen LogP contribution in [0.4, 0.5) is 17.2 Å². The Morgan fingerprint density at radius 2 is 2.04 bits per heavy atom. The Hall–Kier alpha value is -3.22. The van der Waals surface area contributed by atoms with Crippen molar-refractivity contribution in [2.24, 2.45) is 5.92 Å². The van der Waals surface area contributed by atoms with Gasteiger partial charge in [0.05, 0.1) is 29.5 Å². The van der Waals surface area contributed by atoms with E-state index >= 15 is 0 Å². The summed E-state index contributed by atoms with van der Waals surface area (Å²) in [5.41, 5.74) is 3.08. The van der Waals surface area contributed by atoms with Gasteiger partial charge in [0.25, 0.3) is 0 Å². The van der Waals surface area contributed by atoms with Crippen LogP contribution >= 0.6 is 0 Å². The van der Waals surface area contributed by atoms with E-state index in [-0.39, 0.29) is 11.8 Å². The maximum Gasteiger partial charge on any atom is 0.227 e. The number of rotatable bonds is 5. The van der Waals surface area contributed by atoms with Gasteiger partial charge in [-0.2, -0.15) is 5.10 Å². The molecule has 0 unspecified atom stereocenters. The summed E-state index contributed by atoms with van der Waals surface area (Å²) in [7, 11) is 0. The van der Waals surface area contributed by atoms with Gasteiger partial charge in [0.15, 0.2) is 0 Å². The molecule has 0 radical (unpaired) electrons. The molecule has 3 aromatic rings. The molecule has 4 rings (SSSR count). The molecule has 3 N–H and O–H groups in total. The Kier molecular flexibility index (Phi) is 3.66. The summed E-state index contributed by atoms with van der Waals surface area (Å²) in [5, 5.41) is 13.1. The Bertz CT molecular complexity index is 839. The van der Waals surface area contributed by atoms with Crippen molar-refractivity contribution in [3.05, 3.63) is 48.9 Å². The molecule has 0 spiro atoms. The van der Waals surface area contributed by atoms with Crippen molar-refractivity contribution in [3.8, 4) is 11.4 Å². The quantitative estimate of drug-likeness (QED) is 0.672. The number of carbonyl (C=O) groups is 1. The van der Waals surface area contributed by atoms with Gasteiger partial charge < -0.3 is 10.6 Å². The summed E-state index contributed by atoms with van der Waals surface area (Å²) in [4.78, 5) is 20.4. The number of nitrogens with zero attached hydrogens (tertiary/aromatic N) is 3. The van der Waals surface area contributed by atoms with Crippen LogP contribution in [-0.2, 0) is 4.79 Å². The number of hydrogen-bond acceptors (Lipinski definition) is 5. The number of amides is 1. The summed E-state index contributed by atoms with van der Waals surface area (Å²) in [6.07, 6.45) is 7.03. The average molecular weight is 320 g/mol. The molecule has 7 nitrogen and oxygen atoms in total. The first-order valence-corrected chi connectivity index (χ1v) is 7.78. The number of aromatic nitrogens is 4. The molecule has 1 amide bonds. The molecule has 1 aliphatic rings. The van der Waals surface area contributed by atoms with Crippen LogP contribution in [0.5, 0.6) is 0 Å². The van der Waals surface area contributed by atoms with E-state index in [0.717, 1.165) is 29.9 Å². The minimum atomic E-state index is 0.0739. The van der Waals surface area contributed by atoms with E-state index in [2.05, 4.69) is 30.8 Å². The van der Waals surface area contributed by atoms with Gasteiger partial charge in [-0.3, -0.25) is 14.9 Å². The predicted molar refractivity (Wildman–Crippen MR) is 90.7 cm³/mol. The van der Waals surface area contributed by atoms with E-state index in [1.54, 1.807) is 18.6 Å². The SMILES string of the molecule is O=C(Nc1ccc(Nc2cn[nH]c2-c2ccccn2)nc1)C1CC1. The summed E-state index contributed by atoms with van der Waals surface area (Å²) < 4.78 is 0. The Morgan fingerprint density at radius 1 is 1.12 bits per heavy atom. The summed E-state index contributed by atoms with van der Waals surface area (Å²) in [6, 6.07) is 9.34. The Morgan fingerprint density at radius 3 is 2.75 bits per heavy atom. The van der Waals surface area contributed by atoms with Crippen LogP contribution < -0.4 is 10.6 Å². The molecule has 3 aromatic heterocycles. The van der Waals surface area contributed by atoms with Gasteiger partial charge in [-0.15, -0.1) is 0 Å². The lowest BCUT2D eigenvalue weighted by atomic mass is 10.2. The van der Waals surface area contributed by atoms with Gasteiger partial charge in [0.2, 0.25) is 5.91 Å². The molecule has 0 bridgehead atoms. The largest absolute Gasteiger partial charge is 0.337 e. The highest BCUT2D eigenvalue weighted by Gasteiger charge is 2.29. The smallest absolute Gasteiger partial charge is 0.227 e. The number of nitrogens with one attached hydrogen (secondary N) is 3. The van der Waals surface area contributed by atoms with Crippen molar-refractivity contribution in [1.82, 2.24) is 20.2 Å². The zero-order valence-electron chi connectivity index (χ0n) is 12.9. The summed E-state index contributed by atoms with van der Waals surface area (Å²) in [6.45, 7) is 0. The second-order valence-corrected chi connectivity index (χ2v) is 5.69. The maximum absolute atomic E-state index is 11.7. The average Bonchev–Trinajstić information content (AvgIpc) is 3.37. The third-order valence-corrected chi connectivity index (χ3v) is 3.80. The minimum absolute atomic E-state index is 0.0739. The van der Waals surface area contributed by atoms with Gasteiger partial charge >= 0.3 is 0 Å². The molecule has 1 fully saturated rings. The second kappa shape index (κ2) is 6.11. The Balaban J connectivity index is 1.48. The molecule has 0 atom stereocenters. The summed E-state index contributed by atoms with van der Waals surface area (Å²) in [5.74, 6) is 0.914. The predicted octanol–water partition coefficient (Wildman–Crippen LogP) is 2.96. The lowest BCUT2D eigenvalue weighted by Gasteiger charge is -2.07. The first-order chi connectivity index (χ1) is 11.8. The highest BCUT2D eigenvalue weighted by molar-refractivity contribution is 5.94. The van der Waals surface area contributed by atoms with E-state index in [9.17, 15) is 4.79 Å². The molecule has 24 heavy (non-hydrogen) atoms. The third kappa shape index (κ3) is 3.10. The fourth-order valence-corrected chi connectivity index (χ4v) is 2.36. The molecule has 0 aliphatic heterocycles. The van der Waals surface area contributed by atoms with Crippen molar-refractivity contribution >= 4 is 23.1 Å². The number of pyridine rings is 2. The second-order valence-electron chi connectivity index (χ2n) is 5.69. The van der Waals surface area contributed by atoms with E-state index < -0.39 is 0 Å². The molecule has 7 heteroatoms. The van der Waals surface area contributed by atoms with Crippen molar-refractivity contribution in [1.29, 1.82) is 0 Å². The van der Waals surface area contributed by atoms with Crippen LogP contribution in [0.1, 0.15) is 12.8 Å². The zero-order chi connectivity index (χ0) is 16.4. The molecular weight excluding hydrogens is 304 g/mol. The van der Waals surface area contributed by atoms with Crippen molar-refractivity contribution in [2.75, 3.05) is 10.6 Å². The van der Waals surface area contributed by atoms with Gasteiger partial charge in [-0.05, 0) is 37.1 Å². The van der Waals surface area contributed by atoms with Crippen molar-refractivity contribution < 1.29 is 4.79 Å². The molecular formula is C17H16N6O. The fraction of sp³-hybridized carbons (Fsp3) is 0.176. The molecule has 120 valence electrons. The topological polar surface area (TPSA) is 95.6 Å². The lowest BCUT2D eigenvalue weighted by molar-refractivity contribution is -0.117. The van der Waals surface area contributed by atoms with Crippen LogP contribution in [0, 0.1) is 5.92 Å². The van der Waals surface area contributed by atoms with Crippen LogP contribution in [0.3, 0.4) is 0 Å². The number of hydrogen-bond donors (Lipinski definition) is 3. The first-order valence-electron chi connectivity index (χ1n) is 7.78. The van der Waals surface area contributed by atoms with Crippen molar-refractivity contribution in [3.63, 3.8) is 0 Å². The maximum atomic E-state index is 11.7. The lowest BCUT2D eigenvalue weighted by Crippen LogP contribution is -2.13. The van der Waals surface area contributed by atoms with Gasteiger partial charge in [-0.1, -0.05) is 6.07 Å². The molecule has 1 saturated carbocycles. The number of H-pyrrole nitrogens is 1. The normalized spacial score (nSPS) is 13.5. The third-order valence-electron chi connectivity index (χ3n) is 3.80. The van der Waals surface area contributed by atoms with Gasteiger partial charge in [0.1, 0.15) is 11.5 Å². The summed E-state index contributed by atoms with van der Waals surface area (Å²) >= 11 is 0. The molecule has 0 saturated heterocycles. The Labute approximate surface area is 138 Å². The van der Waals surface area contributed by atoms with E-state index in [0.29, 0.717) is 11.5 Å². The van der Waals surface area contributed by atoms with Crippen LogP contribution in [0.25, 0.3) is 11.4 Å². The van der Waals surface area contributed by atoms with Crippen LogP contribution in [-0.4, -0.2) is 26.1 Å². The molecule has 3 heterocycles. The first kappa shape index (κ1) is 14.4. The van der Waals surface area contributed by atoms with E-state index in [1.165, 1.54) is 0 Å². The van der Waals surface area contributed by atoms with Gasteiger partial charge in [-0.25, -0.2) is 4.98 Å².